The first-order valence-corrected chi connectivity index (χ1v) is 6.77. The Hall–Kier alpha value is -2.55. The van der Waals surface area contributed by atoms with Crippen molar-refractivity contribution in [3.8, 4) is 17.7 Å². The second kappa shape index (κ2) is 5.83. The maximum absolute atomic E-state index is 5.68. The topological polar surface area (TPSA) is 90.6 Å². The van der Waals surface area contributed by atoms with Crippen LogP contribution in [0.4, 0.5) is 5.95 Å². The van der Waals surface area contributed by atoms with Gasteiger partial charge in [0.15, 0.2) is 0 Å². The molecule has 0 aliphatic heterocycles. The third-order valence-electron chi connectivity index (χ3n) is 2.49. The van der Waals surface area contributed by atoms with E-state index in [9.17, 15) is 0 Å². The van der Waals surface area contributed by atoms with Gasteiger partial charge in [-0.05, 0) is 28.1 Å². The molecule has 8 nitrogen and oxygen atoms in total. The molecule has 0 saturated heterocycles. The number of rotatable bonds is 4. The summed E-state index contributed by atoms with van der Waals surface area (Å²) in [4.78, 5) is 16.4. The van der Waals surface area contributed by atoms with Gasteiger partial charge in [0.25, 0.3) is 5.95 Å². The number of halogens is 1. The number of benzene rings is 1. The molecule has 0 unspecified atom stereocenters. The molecule has 1 N–H and O–H groups in total. The van der Waals surface area contributed by atoms with Crippen LogP contribution in [-0.2, 0) is 0 Å². The Morgan fingerprint density at radius 2 is 2.05 bits per heavy atom. The molecule has 0 aliphatic rings. The minimum atomic E-state index is 0.159. The van der Waals surface area contributed by atoms with E-state index in [0.29, 0.717) is 17.6 Å². The number of hydrogen-bond donors (Lipinski definition) is 1. The molecule has 0 amide bonds. The summed E-state index contributed by atoms with van der Waals surface area (Å²) in [5.74, 6) is 1.29. The fourth-order valence-corrected chi connectivity index (χ4v) is 1.91. The molecule has 3 rings (SSSR count). The Morgan fingerprint density at radius 1 is 1.19 bits per heavy atom. The monoisotopic (exact) mass is 347 g/mol. The molecule has 2 aromatic heterocycles. The molecule has 0 radical (unpaired) electrons. The van der Waals surface area contributed by atoms with Crippen molar-refractivity contribution in [1.82, 2.24) is 29.7 Å². The van der Waals surface area contributed by atoms with E-state index in [2.05, 4.69) is 46.3 Å². The molecule has 9 heteroatoms. The second-order valence-corrected chi connectivity index (χ2v) is 4.72. The van der Waals surface area contributed by atoms with Crippen molar-refractivity contribution in [2.24, 2.45) is 0 Å². The maximum Gasteiger partial charge on any atom is 0.328 e. The fourth-order valence-electron chi connectivity index (χ4n) is 1.54. The maximum atomic E-state index is 5.68. The third-order valence-corrected chi connectivity index (χ3v) is 3.14. The zero-order valence-electron chi connectivity index (χ0n) is 10.9. The lowest BCUT2D eigenvalue weighted by Gasteiger charge is -2.08. The summed E-state index contributed by atoms with van der Waals surface area (Å²) in [6.07, 6.45) is 2.90. The highest BCUT2D eigenvalue weighted by molar-refractivity contribution is 9.10. The zero-order valence-corrected chi connectivity index (χ0v) is 12.5. The fraction of sp³-hybridized carbons (Fsp3) is 0.0833. The molecule has 21 heavy (non-hydrogen) atoms. The van der Waals surface area contributed by atoms with Crippen molar-refractivity contribution in [3.63, 3.8) is 0 Å². The van der Waals surface area contributed by atoms with Gasteiger partial charge in [-0.1, -0.05) is 12.1 Å². The van der Waals surface area contributed by atoms with Crippen LogP contribution in [0, 0.1) is 0 Å². The lowest BCUT2D eigenvalue weighted by atomic mass is 10.3. The highest BCUT2D eigenvalue weighted by Crippen LogP contribution is 2.27. The quantitative estimate of drug-likeness (QED) is 0.772. The summed E-state index contributed by atoms with van der Waals surface area (Å²) in [5, 5.41) is 6.84. The van der Waals surface area contributed by atoms with E-state index in [-0.39, 0.29) is 6.01 Å². The molecular formula is C12H10BrN7O. The Bertz CT molecular complexity index is 747. The molecule has 0 spiro atoms. The highest BCUT2D eigenvalue weighted by Gasteiger charge is 2.11. The van der Waals surface area contributed by atoms with Crippen LogP contribution in [0.25, 0.3) is 5.95 Å². The van der Waals surface area contributed by atoms with E-state index in [0.717, 1.165) is 4.47 Å². The lowest BCUT2D eigenvalue weighted by molar-refractivity contribution is 0.436. The predicted octanol–water partition coefficient (Wildman–Crippen LogP) is 2.05. The number of aromatic nitrogens is 6. The Morgan fingerprint density at radius 3 is 2.76 bits per heavy atom. The minimum Gasteiger partial charge on any atom is -0.423 e. The van der Waals surface area contributed by atoms with Gasteiger partial charge in [-0.25, -0.2) is 4.98 Å². The van der Waals surface area contributed by atoms with E-state index >= 15 is 0 Å². The predicted molar refractivity (Wildman–Crippen MR) is 78.5 cm³/mol. The SMILES string of the molecule is CNc1nc(Oc2ccccc2Br)nc(-n2cncn2)n1. The Balaban J connectivity index is 1.99. The largest absolute Gasteiger partial charge is 0.423 e. The number of hydrogen-bond acceptors (Lipinski definition) is 7. The van der Waals surface area contributed by atoms with Crippen molar-refractivity contribution in [3.05, 3.63) is 41.4 Å². The average molecular weight is 348 g/mol. The lowest BCUT2D eigenvalue weighted by Crippen LogP contribution is -2.08. The molecule has 0 fully saturated rings. The van der Waals surface area contributed by atoms with Gasteiger partial charge in [0.1, 0.15) is 18.4 Å². The van der Waals surface area contributed by atoms with Gasteiger partial charge < -0.3 is 10.1 Å². The molecule has 1 aromatic carbocycles. The van der Waals surface area contributed by atoms with E-state index in [1.54, 1.807) is 7.05 Å². The standard InChI is InChI=1S/C12H10BrN7O/c1-14-10-17-11(20-7-15-6-16-20)19-12(18-10)21-9-5-3-2-4-8(9)13/h2-7H,1H3,(H,14,17,18,19). The second-order valence-electron chi connectivity index (χ2n) is 3.86. The van der Waals surface area contributed by atoms with E-state index in [4.69, 9.17) is 4.74 Å². The number of anilines is 1. The van der Waals surface area contributed by atoms with Crippen LogP contribution in [0.15, 0.2) is 41.4 Å². The third kappa shape index (κ3) is 2.97. The van der Waals surface area contributed by atoms with Crippen LogP contribution in [0.3, 0.4) is 0 Å². The molecule has 106 valence electrons. The molecule has 3 aromatic rings. The average Bonchev–Trinajstić information content (AvgIpc) is 3.04. The van der Waals surface area contributed by atoms with Crippen LogP contribution in [0.1, 0.15) is 0 Å². The zero-order chi connectivity index (χ0) is 14.7. The molecule has 0 bridgehead atoms. The first-order valence-electron chi connectivity index (χ1n) is 5.97. The molecule has 0 saturated carbocycles. The molecule has 2 heterocycles. The van der Waals surface area contributed by atoms with Crippen LogP contribution in [0.5, 0.6) is 11.8 Å². The van der Waals surface area contributed by atoms with Gasteiger partial charge in [-0.3, -0.25) is 0 Å². The number of para-hydroxylation sites is 1. The molecular weight excluding hydrogens is 338 g/mol. The van der Waals surface area contributed by atoms with Gasteiger partial charge >= 0.3 is 6.01 Å². The van der Waals surface area contributed by atoms with Crippen molar-refractivity contribution >= 4 is 21.9 Å². The summed E-state index contributed by atoms with van der Waals surface area (Å²) >= 11 is 3.41. The highest BCUT2D eigenvalue weighted by atomic mass is 79.9. The summed E-state index contributed by atoms with van der Waals surface area (Å²) < 4.78 is 7.91. The normalized spacial score (nSPS) is 10.4. The van der Waals surface area contributed by atoms with Gasteiger partial charge in [-0.15, -0.1) is 0 Å². The van der Waals surface area contributed by atoms with Crippen LogP contribution >= 0.6 is 15.9 Å². The van der Waals surface area contributed by atoms with Crippen molar-refractivity contribution in [2.75, 3.05) is 12.4 Å². The summed E-state index contributed by atoms with van der Waals surface area (Å²) in [7, 11) is 1.71. The number of ether oxygens (including phenoxy) is 1. The van der Waals surface area contributed by atoms with E-state index in [1.807, 2.05) is 24.3 Å². The smallest absolute Gasteiger partial charge is 0.328 e. The van der Waals surface area contributed by atoms with E-state index in [1.165, 1.54) is 17.3 Å². The van der Waals surface area contributed by atoms with Gasteiger partial charge in [0.05, 0.1) is 4.47 Å². The summed E-state index contributed by atoms with van der Waals surface area (Å²) in [6, 6.07) is 7.59. The van der Waals surface area contributed by atoms with Gasteiger partial charge in [-0.2, -0.15) is 24.7 Å². The number of nitrogens with one attached hydrogen (secondary N) is 1. The summed E-state index contributed by atoms with van der Waals surface area (Å²) in [6.45, 7) is 0. The number of nitrogens with zero attached hydrogens (tertiary/aromatic N) is 6. The van der Waals surface area contributed by atoms with Crippen LogP contribution < -0.4 is 10.1 Å². The minimum absolute atomic E-state index is 0.159. The van der Waals surface area contributed by atoms with E-state index < -0.39 is 0 Å². The first kappa shape index (κ1) is 13.4. The van der Waals surface area contributed by atoms with Gasteiger partial charge in [0.2, 0.25) is 5.95 Å². The van der Waals surface area contributed by atoms with Crippen molar-refractivity contribution in [2.45, 2.75) is 0 Å². The van der Waals surface area contributed by atoms with Crippen molar-refractivity contribution < 1.29 is 4.74 Å². The van der Waals surface area contributed by atoms with Crippen molar-refractivity contribution in [1.29, 1.82) is 0 Å². The van der Waals surface area contributed by atoms with Crippen LogP contribution in [0.2, 0.25) is 0 Å². The molecule has 0 aliphatic carbocycles. The van der Waals surface area contributed by atoms with Gasteiger partial charge in [0, 0.05) is 7.05 Å². The summed E-state index contributed by atoms with van der Waals surface area (Å²) in [5.41, 5.74) is 0. The Labute approximate surface area is 128 Å². The Kier molecular flexibility index (Phi) is 3.73. The molecule has 0 atom stereocenters. The first-order chi connectivity index (χ1) is 10.3. The van der Waals surface area contributed by atoms with Crippen LogP contribution in [-0.4, -0.2) is 36.8 Å².